The minimum atomic E-state index is -1.71. The van der Waals surface area contributed by atoms with E-state index >= 15 is 0 Å². The van der Waals surface area contributed by atoms with Gasteiger partial charge in [-0.25, -0.2) is 14.7 Å². The Balaban J connectivity index is 0.959. The van der Waals surface area contributed by atoms with Gasteiger partial charge in [-0.3, -0.25) is 4.98 Å². The molecule has 4 aliphatic heterocycles. The largest absolute Gasteiger partial charge is 0.443 e. The molecule has 2 aromatic carbocycles. The summed E-state index contributed by atoms with van der Waals surface area (Å²) >= 11 is -1.71. The van der Waals surface area contributed by atoms with E-state index in [0.717, 1.165) is 103 Å². The van der Waals surface area contributed by atoms with Gasteiger partial charge in [0.2, 0.25) is 0 Å². The van der Waals surface area contributed by atoms with E-state index in [1.807, 2.05) is 56.4 Å². The molecule has 9 rings (SSSR count). The van der Waals surface area contributed by atoms with Crippen molar-refractivity contribution in [2.75, 3.05) is 24.6 Å². The van der Waals surface area contributed by atoms with Crippen LogP contribution in [0.1, 0.15) is 61.2 Å². The first-order valence-electron chi connectivity index (χ1n) is 15.6. The summed E-state index contributed by atoms with van der Waals surface area (Å²) in [5.41, 5.74) is 8.66. The number of aryl methyl sites for hydroxylation is 1. The fourth-order valence-electron chi connectivity index (χ4n) is 7.34. The van der Waals surface area contributed by atoms with Gasteiger partial charge in [0.25, 0.3) is 5.79 Å². The summed E-state index contributed by atoms with van der Waals surface area (Å²) in [5.74, 6) is 2.59. The highest BCUT2D eigenvalue weighted by Crippen LogP contribution is 2.65. The average molecular weight is 627 g/mol. The lowest BCUT2D eigenvalue weighted by atomic mass is 9.90. The molecule has 0 bridgehead atoms. The van der Waals surface area contributed by atoms with Crippen LogP contribution in [-0.2, 0) is 32.6 Å². The van der Waals surface area contributed by atoms with Gasteiger partial charge in [0.05, 0.1) is 29.4 Å². The van der Waals surface area contributed by atoms with Crippen molar-refractivity contribution in [3.05, 3.63) is 77.4 Å². The normalized spacial score (nSPS) is 27.8. The molecule has 0 radical (unpaired) electrons. The molecule has 2 aromatic heterocycles. The Bertz CT molecular complexity index is 1880. The third kappa shape index (κ3) is 4.52. The van der Waals surface area contributed by atoms with E-state index in [2.05, 4.69) is 36.5 Å². The molecular weight excluding hydrogens is 592 g/mol. The Labute approximate surface area is 263 Å². The number of benzene rings is 2. The van der Waals surface area contributed by atoms with Gasteiger partial charge in [-0.05, 0) is 80.0 Å². The van der Waals surface area contributed by atoms with Gasteiger partial charge in [-0.15, -0.1) is 4.40 Å². The quantitative estimate of drug-likeness (QED) is 0.322. The van der Waals surface area contributed by atoms with Crippen molar-refractivity contribution in [3.63, 3.8) is 0 Å². The Kier molecular flexibility index (Phi) is 6.07. The Morgan fingerprint density at radius 3 is 2.71 bits per heavy atom. The number of ether oxygens (including phenoxy) is 3. The molecule has 1 N–H and O–H groups in total. The van der Waals surface area contributed by atoms with Crippen LogP contribution < -0.4 is 19.9 Å². The number of imidazole rings is 1. The Morgan fingerprint density at radius 2 is 1.98 bits per heavy atom. The van der Waals surface area contributed by atoms with Crippen molar-refractivity contribution in [1.82, 2.24) is 20.0 Å². The van der Waals surface area contributed by atoms with Gasteiger partial charge >= 0.3 is 11.3 Å². The van der Waals surface area contributed by atoms with Gasteiger partial charge in [-0.2, -0.15) is 4.28 Å². The zero-order valence-corrected chi connectivity index (χ0v) is 26.0. The van der Waals surface area contributed by atoms with Crippen LogP contribution in [0.2, 0.25) is 0 Å². The second-order valence-electron chi connectivity index (χ2n) is 13.0. The van der Waals surface area contributed by atoms with E-state index < -0.39 is 17.1 Å². The molecule has 232 valence electrons. The summed E-state index contributed by atoms with van der Waals surface area (Å²) in [7, 11) is 0. The van der Waals surface area contributed by atoms with Crippen LogP contribution in [0.15, 0.2) is 59.1 Å². The Morgan fingerprint density at radius 1 is 1.11 bits per heavy atom. The van der Waals surface area contributed by atoms with Crippen LogP contribution in [0.4, 0.5) is 5.69 Å². The lowest BCUT2D eigenvalue weighted by molar-refractivity contribution is -0.0716. The molecule has 4 atom stereocenters. The highest BCUT2D eigenvalue weighted by molar-refractivity contribution is 7.79. The monoisotopic (exact) mass is 626 g/mol. The third-order valence-electron chi connectivity index (χ3n) is 10.1. The molecule has 5 aliphatic rings. The molecule has 1 saturated carbocycles. The van der Waals surface area contributed by atoms with Crippen molar-refractivity contribution in [2.45, 2.75) is 63.9 Å². The number of rotatable bonds is 6. The van der Waals surface area contributed by atoms with Crippen LogP contribution in [0.5, 0.6) is 11.5 Å². The predicted molar refractivity (Wildman–Crippen MR) is 168 cm³/mol. The molecule has 11 nitrogen and oxygen atoms in total. The average Bonchev–Trinajstić information content (AvgIpc) is 3.31. The van der Waals surface area contributed by atoms with E-state index in [4.69, 9.17) is 23.5 Å². The molecule has 45 heavy (non-hydrogen) atoms. The van der Waals surface area contributed by atoms with E-state index in [-0.39, 0.29) is 11.5 Å². The number of hydrogen-bond donors (Lipinski definition) is 1. The fourth-order valence-corrected chi connectivity index (χ4v) is 7.82. The number of nitrogens with zero attached hydrogens (tertiary/aromatic N) is 5. The van der Waals surface area contributed by atoms with Gasteiger partial charge in [0.15, 0.2) is 17.3 Å². The van der Waals surface area contributed by atoms with E-state index in [1.165, 1.54) is 0 Å². The molecular formula is C33H34N6O5S. The summed E-state index contributed by atoms with van der Waals surface area (Å²) in [4.78, 5) is 12.2. The Hall–Kier alpha value is -4.00. The van der Waals surface area contributed by atoms with Crippen molar-refractivity contribution in [1.29, 1.82) is 0 Å². The van der Waals surface area contributed by atoms with Gasteiger partial charge in [-0.1, -0.05) is 12.1 Å². The number of pyridine rings is 1. The highest BCUT2D eigenvalue weighted by atomic mass is 32.2. The molecule has 0 amide bonds. The lowest BCUT2D eigenvalue weighted by Crippen LogP contribution is -2.36. The number of aromatic nitrogens is 3. The lowest BCUT2D eigenvalue weighted by Gasteiger charge is -2.35. The molecule has 2 saturated heterocycles. The van der Waals surface area contributed by atoms with Crippen molar-refractivity contribution in [2.24, 2.45) is 9.81 Å². The molecule has 2 unspecified atom stereocenters. The second-order valence-corrected chi connectivity index (χ2v) is 13.8. The van der Waals surface area contributed by atoms with Crippen LogP contribution in [0.3, 0.4) is 0 Å². The van der Waals surface area contributed by atoms with E-state index in [9.17, 15) is 4.21 Å². The minimum Gasteiger partial charge on any atom is -0.443 e. The number of para-hydroxylation sites is 1. The standard InChI is InChI=1S/C33H34N6O5S/c1-20-6-9-28(34-18-20)32(2)42-27-5-3-4-25(29(27)43-32)38-13-11-33(12-14-38)17-23(33)31-35-24-8-7-21(30-36-44-45(40)37-30)16-26(24)39(31)19-22-10-15-41-22/h3-9,16,18,22-23H,10-15,17,19H2,1-2H3,(H,36,37)/t22-,23?,32-,45?/m0/s1. The molecule has 4 aromatic rings. The van der Waals surface area contributed by atoms with Crippen LogP contribution in [-0.4, -0.2) is 50.4 Å². The molecule has 6 heterocycles. The van der Waals surface area contributed by atoms with Crippen LogP contribution >= 0.6 is 0 Å². The number of hydroxylamine groups is 1. The SMILES string of the molecule is Cc1ccc([C@@]2(C)Oc3cccc(N4CCC5(CC4)CC5c4nc5ccc(C6=NS(=O)ON6)cc5n4C[C@@H]4CCO4)c3O2)nc1. The smallest absolute Gasteiger partial charge is 0.309 e. The van der Waals surface area contributed by atoms with E-state index in [1.54, 1.807) is 0 Å². The zero-order valence-electron chi connectivity index (χ0n) is 25.2. The highest BCUT2D eigenvalue weighted by Gasteiger charge is 2.58. The summed E-state index contributed by atoms with van der Waals surface area (Å²) in [6, 6.07) is 16.2. The summed E-state index contributed by atoms with van der Waals surface area (Å²) < 4.78 is 41.8. The first-order chi connectivity index (χ1) is 21.9. The molecule has 12 heteroatoms. The number of anilines is 1. The maximum absolute atomic E-state index is 11.7. The second kappa shape index (κ2) is 10.0. The summed E-state index contributed by atoms with van der Waals surface area (Å²) in [5, 5.41) is 0. The van der Waals surface area contributed by atoms with Crippen LogP contribution in [0.25, 0.3) is 11.0 Å². The van der Waals surface area contributed by atoms with E-state index in [0.29, 0.717) is 11.8 Å². The molecule has 3 fully saturated rings. The predicted octanol–water partition coefficient (Wildman–Crippen LogP) is 4.81. The fraction of sp³-hybridized carbons (Fsp3) is 0.424. The topological polar surface area (TPSA) is 112 Å². The van der Waals surface area contributed by atoms with Crippen molar-refractivity contribution >= 4 is 33.8 Å². The first kappa shape index (κ1) is 27.3. The zero-order chi connectivity index (χ0) is 30.3. The molecule has 1 spiro atoms. The number of piperidine rings is 1. The third-order valence-corrected chi connectivity index (χ3v) is 10.7. The van der Waals surface area contributed by atoms with Crippen LogP contribution in [0, 0.1) is 12.3 Å². The van der Waals surface area contributed by atoms with Gasteiger partial charge in [0.1, 0.15) is 11.5 Å². The number of nitrogens with one attached hydrogen (secondary N) is 1. The van der Waals surface area contributed by atoms with Gasteiger partial charge in [0, 0.05) is 44.3 Å². The maximum Gasteiger partial charge on any atom is 0.309 e. The minimum absolute atomic E-state index is 0.197. The van der Waals surface area contributed by atoms with Crippen molar-refractivity contribution < 1.29 is 22.7 Å². The maximum atomic E-state index is 11.7. The van der Waals surface area contributed by atoms with Crippen molar-refractivity contribution in [3.8, 4) is 11.5 Å². The number of fused-ring (bicyclic) bond motifs is 2. The first-order valence-corrected chi connectivity index (χ1v) is 16.7. The van der Waals surface area contributed by atoms with Gasteiger partial charge < -0.3 is 23.7 Å². The summed E-state index contributed by atoms with van der Waals surface area (Å²) in [6.45, 7) is 7.42. The molecule has 1 aliphatic carbocycles. The summed E-state index contributed by atoms with van der Waals surface area (Å²) in [6.07, 6.45) is 6.39. The number of hydrogen-bond acceptors (Lipinski definition) is 9. The number of amidine groups is 1.